The lowest BCUT2D eigenvalue weighted by Gasteiger charge is -2.19. The topological polar surface area (TPSA) is 38.1 Å². The van der Waals surface area contributed by atoms with Crippen molar-refractivity contribution in [3.8, 4) is 11.3 Å². The molecule has 0 saturated carbocycles. The van der Waals surface area contributed by atoms with Crippen LogP contribution in [-0.2, 0) is 13.2 Å². The monoisotopic (exact) mass is 383 g/mol. The molecule has 0 amide bonds. The standard InChI is InChI=1S/C25H25N3O/c1-18-8-12-20(13-9-18)16-27(3)17-28-25(29)23-7-5-4-6-22(23)24(26-28)21-14-10-19(2)11-15-21/h4-15H,16-17H2,1-3H3. The summed E-state index contributed by atoms with van der Waals surface area (Å²) in [5.74, 6) is 0. The zero-order valence-electron chi connectivity index (χ0n) is 17.1. The van der Waals surface area contributed by atoms with E-state index in [2.05, 4.69) is 67.3 Å². The van der Waals surface area contributed by atoms with Gasteiger partial charge in [0.1, 0.15) is 0 Å². The third kappa shape index (κ3) is 4.13. The molecule has 1 heterocycles. The maximum absolute atomic E-state index is 13.1. The molecule has 1 aromatic heterocycles. The van der Waals surface area contributed by atoms with E-state index in [0.717, 1.165) is 23.2 Å². The summed E-state index contributed by atoms with van der Waals surface area (Å²) in [6.07, 6.45) is 0. The molecule has 29 heavy (non-hydrogen) atoms. The number of hydrogen-bond acceptors (Lipinski definition) is 3. The molecule has 3 aromatic carbocycles. The highest BCUT2D eigenvalue weighted by atomic mass is 16.1. The van der Waals surface area contributed by atoms with Gasteiger partial charge in [-0.05, 0) is 32.5 Å². The van der Waals surface area contributed by atoms with E-state index in [1.165, 1.54) is 16.7 Å². The molecule has 4 rings (SSSR count). The Bertz CT molecular complexity index is 1190. The van der Waals surface area contributed by atoms with E-state index < -0.39 is 0 Å². The first-order chi connectivity index (χ1) is 14.0. The number of nitrogens with zero attached hydrogens (tertiary/aromatic N) is 3. The van der Waals surface area contributed by atoms with Crippen molar-refractivity contribution in [2.45, 2.75) is 27.1 Å². The number of hydrogen-bond donors (Lipinski definition) is 0. The Morgan fingerprint density at radius 1 is 0.828 bits per heavy atom. The van der Waals surface area contributed by atoms with Gasteiger partial charge in [0.25, 0.3) is 5.56 Å². The Balaban J connectivity index is 1.72. The van der Waals surface area contributed by atoms with E-state index in [4.69, 9.17) is 5.10 Å². The number of benzene rings is 3. The second-order valence-corrected chi connectivity index (χ2v) is 7.71. The van der Waals surface area contributed by atoms with Gasteiger partial charge in [0.05, 0.1) is 17.7 Å². The molecule has 0 aliphatic carbocycles. The molecule has 0 unspecified atom stereocenters. The number of rotatable bonds is 5. The van der Waals surface area contributed by atoms with E-state index in [1.54, 1.807) is 4.68 Å². The van der Waals surface area contributed by atoms with Gasteiger partial charge in [0, 0.05) is 17.5 Å². The van der Waals surface area contributed by atoms with Gasteiger partial charge >= 0.3 is 0 Å². The van der Waals surface area contributed by atoms with Crippen LogP contribution < -0.4 is 5.56 Å². The molecule has 0 aliphatic heterocycles. The van der Waals surface area contributed by atoms with Gasteiger partial charge in [-0.2, -0.15) is 5.10 Å². The van der Waals surface area contributed by atoms with Gasteiger partial charge in [-0.25, -0.2) is 4.68 Å². The third-order valence-electron chi connectivity index (χ3n) is 5.14. The van der Waals surface area contributed by atoms with Crippen LogP contribution in [0.5, 0.6) is 0 Å². The number of aromatic nitrogens is 2. The second-order valence-electron chi connectivity index (χ2n) is 7.71. The molecular weight excluding hydrogens is 358 g/mol. The van der Waals surface area contributed by atoms with Crippen LogP contribution in [0.4, 0.5) is 0 Å². The second kappa shape index (κ2) is 8.02. The summed E-state index contributed by atoms with van der Waals surface area (Å²) in [7, 11) is 2.01. The van der Waals surface area contributed by atoms with E-state index in [1.807, 2.05) is 31.3 Å². The van der Waals surface area contributed by atoms with Gasteiger partial charge in [0.15, 0.2) is 0 Å². The van der Waals surface area contributed by atoms with Crippen molar-refractivity contribution in [2.75, 3.05) is 7.05 Å². The molecule has 146 valence electrons. The van der Waals surface area contributed by atoms with E-state index in [9.17, 15) is 4.79 Å². The minimum Gasteiger partial charge on any atom is -0.283 e. The van der Waals surface area contributed by atoms with Crippen LogP contribution in [0.2, 0.25) is 0 Å². The molecule has 4 heteroatoms. The molecule has 0 fully saturated rings. The van der Waals surface area contributed by atoms with E-state index in [0.29, 0.717) is 12.1 Å². The lowest BCUT2D eigenvalue weighted by Crippen LogP contribution is -2.32. The fraction of sp³-hybridized carbons (Fsp3) is 0.200. The van der Waals surface area contributed by atoms with E-state index in [-0.39, 0.29) is 5.56 Å². The fourth-order valence-corrected chi connectivity index (χ4v) is 3.54. The average molecular weight is 383 g/mol. The first-order valence-corrected chi connectivity index (χ1v) is 9.82. The zero-order chi connectivity index (χ0) is 20.4. The van der Waals surface area contributed by atoms with Crippen LogP contribution >= 0.6 is 0 Å². The van der Waals surface area contributed by atoms with Crippen LogP contribution in [-0.4, -0.2) is 21.7 Å². The van der Waals surface area contributed by atoms with Crippen LogP contribution in [0.15, 0.2) is 77.6 Å². The SMILES string of the molecule is Cc1ccc(CN(C)Cn2nc(-c3ccc(C)cc3)c3ccccc3c2=O)cc1. The summed E-state index contributed by atoms with van der Waals surface area (Å²) in [5, 5.41) is 6.34. The Kier molecular flexibility index (Phi) is 5.28. The van der Waals surface area contributed by atoms with Gasteiger partial charge in [-0.1, -0.05) is 77.9 Å². The molecule has 4 nitrogen and oxygen atoms in total. The van der Waals surface area contributed by atoms with Gasteiger partial charge in [-0.3, -0.25) is 9.69 Å². The summed E-state index contributed by atoms with van der Waals surface area (Å²) < 4.78 is 1.58. The maximum atomic E-state index is 13.1. The zero-order valence-corrected chi connectivity index (χ0v) is 17.1. The number of aryl methyl sites for hydroxylation is 2. The molecule has 0 saturated heterocycles. The Morgan fingerprint density at radius 2 is 1.41 bits per heavy atom. The van der Waals surface area contributed by atoms with Crippen molar-refractivity contribution in [3.05, 3.63) is 99.8 Å². The highest BCUT2D eigenvalue weighted by molar-refractivity contribution is 5.93. The van der Waals surface area contributed by atoms with Crippen molar-refractivity contribution in [1.29, 1.82) is 0 Å². The van der Waals surface area contributed by atoms with Crippen molar-refractivity contribution < 1.29 is 0 Å². The Morgan fingerprint density at radius 3 is 2.07 bits per heavy atom. The molecule has 0 bridgehead atoms. The van der Waals surface area contributed by atoms with Gasteiger partial charge < -0.3 is 0 Å². The van der Waals surface area contributed by atoms with Crippen molar-refractivity contribution in [1.82, 2.24) is 14.7 Å². The smallest absolute Gasteiger partial charge is 0.275 e. The predicted molar refractivity (Wildman–Crippen MR) is 119 cm³/mol. The normalized spacial score (nSPS) is 11.3. The van der Waals surface area contributed by atoms with Crippen molar-refractivity contribution in [2.24, 2.45) is 0 Å². The molecule has 4 aromatic rings. The van der Waals surface area contributed by atoms with Crippen LogP contribution in [0.3, 0.4) is 0 Å². The molecule has 0 spiro atoms. The lowest BCUT2D eigenvalue weighted by molar-refractivity contribution is 0.241. The molecule has 0 atom stereocenters. The van der Waals surface area contributed by atoms with Crippen molar-refractivity contribution in [3.63, 3.8) is 0 Å². The van der Waals surface area contributed by atoms with Gasteiger partial charge in [-0.15, -0.1) is 0 Å². The van der Waals surface area contributed by atoms with Crippen molar-refractivity contribution >= 4 is 10.8 Å². The van der Waals surface area contributed by atoms with Crippen LogP contribution in [0.25, 0.3) is 22.0 Å². The summed E-state index contributed by atoms with van der Waals surface area (Å²) in [6.45, 7) is 5.33. The van der Waals surface area contributed by atoms with Crippen LogP contribution in [0.1, 0.15) is 16.7 Å². The predicted octanol–water partition coefficient (Wildman–Crippen LogP) is 4.77. The Hall–Kier alpha value is -3.24. The Labute approximate surface area is 171 Å². The highest BCUT2D eigenvalue weighted by Gasteiger charge is 2.13. The minimum atomic E-state index is -0.0628. The summed E-state index contributed by atoms with van der Waals surface area (Å²) in [6, 6.07) is 24.5. The highest BCUT2D eigenvalue weighted by Crippen LogP contribution is 2.25. The minimum absolute atomic E-state index is 0.0628. The molecular formula is C25H25N3O. The average Bonchev–Trinajstić information content (AvgIpc) is 2.73. The number of fused-ring (bicyclic) bond motifs is 1. The molecule has 0 N–H and O–H groups in total. The quantitative estimate of drug-likeness (QED) is 0.498. The first-order valence-electron chi connectivity index (χ1n) is 9.82. The molecule has 0 aliphatic rings. The third-order valence-corrected chi connectivity index (χ3v) is 5.14. The molecule has 0 radical (unpaired) electrons. The van der Waals surface area contributed by atoms with E-state index >= 15 is 0 Å². The summed E-state index contributed by atoms with van der Waals surface area (Å²) >= 11 is 0. The summed E-state index contributed by atoms with van der Waals surface area (Å²) in [5.41, 5.74) is 5.44. The summed E-state index contributed by atoms with van der Waals surface area (Å²) in [4.78, 5) is 15.2. The lowest BCUT2D eigenvalue weighted by atomic mass is 10.0. The maximum Gasteiger partial charge on any atom is 0.275 e. The fourth-order valence-electron chi connectivity index (χ4n) is 3.54. The largest absolute Gasteiger partial charge is 0.283 e. The van der Waals surface area contributed by atoms with Gasteiger partial charge in [0.2, 0.25) is 0 Å². The first kappa shape index (κ1) is 19.1. The van der Waals surface area contributed by atoms with Crippen LogP contribution in [0, 0.1) is 13.8 Å².